The average Bonchev–Trinajstić information content (AvgIpc) is 2.99. The number of hydrogen-bond acceptors (Lipinski definition) is 3. The molecule has 0 fully saturated rings. The van der Waals surface area contributed by atoms with Crippen LogP contribution in [0.2, 0.25) is 0 Å². The monoisotopic (exact) mass is 534 g/mol. The average molecular weight is 535 g/mol. The van der Waals surface area contributed by atoms with Gasteiger partial charge in [0.05, 0.1) is 0 Å². The minimum absolute atomic E-state index is 0.330. The molecule has 4 nitrogen and oxygen atoms in total. The van der Waals surface area contributed by atoms with Crippen LogP contribution in [0.25, 0.3) is 6.08 Å². The molecule has 40 heavy (non-hydrogen) atoms. The smallest absolute Gasteiger partial charge is 0.333 e. The van der Waals surface area contributed by atoms with Crippen LogP contribution in [0.1, 0.15) is 40.3 Å². The van der Waals surface area contributed by atoms with Gasteiger partial charge in [-0.1, -0.05) is 97.1 Å². The number of carbonyl (C=O) groups is 1. The number of aliphatic carboxylic acids is 1. The SMILES string of the molecule is CCOC(Cc1ccc(OC/C=C/c2cc(CCc3ccccc3)cc(CCc3ccccc3)c2)cc1)C(=O)O. The van der Waals surface area contributed by atoms with Crippen molar-refractivity contribution >= 4 is 12.0 Å². The van der Waals surface area contributed by atoms with Crippen molar-refractivity contribution < 1.29 is 19.4 Å². The second-order valence-electron chi connectivity index (χ2n) is 9.90. The zero-order valence-corrected chi connectivity index (χ0v) is 23.2. The predicted molar refractivity (Wildman–Crippen MR) is 162 cm³/mol. The molecule has 0 bridgehead atoms. The topological polar surface area (TPSA) is 55.8 Å². The first-order valence-corrected chi connectivity index (χ1v) is 14.0. The lowest BCUT2D eigenvalue weighted by atomic mass is 9.96. The number of hydrogen-bond donors (Lipinski definition) is 1. The maximum absolute atomic E-state index is 11.3. The Balaban J connectivity index is 1.37. The molecule has 0 heterocycles. The third kappa shape index (κ3) is 9.55. The van der Waals surface area contributed by atoms with Gasteiger partial charge < -0.3 is 14.6 Å². The summed E-state index contributed by atoms with van der Waals surface area (Å²) in [6.45, 7) is 2.62. The van der Waals surface area contributed by atoms with Gasteiger partial charge in [-0.05, 0) is 84.2 Å². The Morgan fingerprint density at radius 2 is 1.27 bits per heavy atom. The molecule has 0 radical (unpaired) electrons. The molecule has 0 spiro atoms. The fraction of sp³-hybridized carbons (Fsp3) is 0.250. The van der Waals surface area contributed by atoms with Gasteiger partial charge in [0.15, 0.2) is 6.10 Å². The van der Waals surface area contributed by atoms with Gasteiger partial charge in [-0.15, -0.1) is 0 Å². The second kappa shape index (κ2) is 15.4. The first-order chi connectivity index (χ1) is 19.6. The summed E-state index contributed by atoms with van der Waals surface area (Å²) in [5.74, 6) is -0.198. The van der Waals surface area contributed by atoms with Gasteiger partial charge in [0.25, 0.3) is 0 Å². The molecule has 0 aromatic heterocycles. The van der Waals surface area contributed by atoms with Crippen LogP contribution in [0.15, 0.2) is 109 Å². The van der Waals surface area contributed by atoms with Crippen molar-refractivity contribution in [2.45, 2.75) is 45.1 Å². The fourth-order valence-corrected chi connectivity index (χ4v) is 4.73. The van der Waals surface area contributed by atoms with Crippen LogP contribution in [-0.2, 0) is 41.6 Å². The van der Waals surface area contributed by atoms with Crippen molar-refractivity contribution in [3.8, 4) is 5.75 Å². The Kier molecular flexibility index (Phi) is 11.1. The lowest BCUT2D eigenvalue weighted by molar-refractivity contribution is -0.149. The van der Waals surface area contributed by atoms with Gasteiger partial charge in [0, 0.05) is 13.0 Å². The van der Waals surface area contributed by atoms with Crippen molar-refractivity contribution in [1.29, 1.82) is 0 Å². The van der Waals surface area contributed by atoms with E-state index in [1.165, 1.54) is 27.8 Å². The van der Waals surface area contributed by atoms with Crippen molar-refractivity contribution in [2.24, 2.45) is 0 Å². The Morgan fingerprint density at radius 3 is 1.80 bits per heavy atom. The highest BCUT2D eigenvalue weighted by molar-refractivity contribution is 5.72. The van der Waals surface area contributed by atoms with Crippen LogP contribution in [0.4, 0.5) is 0 Å². The number of aryl methyl sites for hydroxylation is 4. The largest absolute Gasteiger partial charge is 0.490 e. The van der Waals surface area contributed by atoms with Crippen LogP contribution in [0.5, 0.6) is 5.75 Å². The molecule has 4 rings (SSSR count). The molecule has 0 aliphatic carbocycles. The van der Waals surface area contributed by atoms with Crippen LogP contribution in [0, 0.1) is 0 Å². The van der Waals surface area contributed by atoms with Gasteiger partial charge in [-0.3, -0.25) is 0 Å². The standard InChI is InChI=1S/C36H38O4/c1-2-39-35(36(37)38)27-30-19-21-34(22-20-30)40-23-9-14-31-24-32(17-15-28-10-5-3-6-11-28)26-33(25-31)18-16-29-12-7-4-8-13-29/h3-14,19-22,24-26,35H,2,15-18,23,27H2,1H3,(H,37,38)/b14-9+. The maximum atomic E-state index is 11.3. The molecule has 0 aliphatic rings. The summed E-state index contributed by atoms with van der Waals surface area (Å²) in [4.78, 5) is 11.3. The van der Waals surface area contributed by atoms with E-state index >= 15 is 0 Å². The molecule has 1 atom stereocenters. The maximum Gasteiger partial charge on any atom is 0.333 e. The van der Waals surface area contributed by atoms with E-state index in [-0.39, 0.29) is 0 Å². The quantitative estimate of drug-likeness (QED) is 0.173. The normalized spacial score (nSPS) is 11.9. The van der Waals surface area contributed by atoms with Crippen LogP contribution >= 0.6 is 0 Å². The van der Waals surface area contributed by atoms with E-state index in [9.17, 15) is 9.90 Å². The lowest BCUT2D eigenvalue weighted by Crippen LogP contribution is -2.26. The summed E-state index contributed by atoms with van der Waals surface area (Å²) in [6.07, 6.45) is 7.70. The summed E-state index contributed by atoms with van der Waals surface area (Å²) in [5.41, 5.74) is 7.48. The Bertz CT molecular complexity index is 1280. The molecule has 206 valence electrons. The first kappa shape index (κ1) is 28.8. The number of carboxylic acids is 1. The van der Waals surface area contributed by atoms with Gasteiger partial charge in [0.1, 0.15) is 12.4 Å². The zero-order chi connectivity index (χ0) is 28.0. The number of rotatable bonds is 15. The fourth-order valence-electron chi connectivity index (χ4n) is 4.73. The van der Waals surface area contributed by atoms with Crippen molar-refractivity contribution in [2.75, 3.05) is 13.2 Å². The highest BCUT2D eigenvalue weighted by atomic mass is 16.5. The summed E-state index contributed by atoms with van der Waals surface area (Å²) < 4.78 is 11.2. The molecule has 1 unspecified atom stereocenters. The number of carboxylic acid groups (broad SMARTS) is 1. The minimum Gasteiger partial charge on any atom is -0.490 e. The zero-order valence-electron chi connectivity index (χ0n) is 23.2. The van der Waals surface area contributed by atoms with Gasteiger partial charge in [0.2, 0.25) is 0 Å². The molecular weight excluding hydrogens is 496 g/mol. The van der Waals surface area contributed by atoms with Gasteiger partial charge in [-0.2, -0.15) is 0 Å². The van der Waals surface area contributed by atoms with E-state index in [1.54, 1.807) is 6.92 Å². The second-order valence-corrected chi connectivity index (χ2v) is 9.90. The van der Waals surface area contributed by atoms with E-state index in [4.69, 9.17) is 9.47 Å². The van der Waals surface area contributed by atoms with Gasteiger partial charge in [-0.25, -0.2) is 4.79 Å². The van der Waals surface area contributed by atoms with Gasteiger partial charge >= 0.3 is 5.97 Å². The van der Waals surface area contributed by atoms with E-state index in [0.29, 0.717) is 19.6 Å². The molecule has 4 heteroatoms. The molecule has 0 saturated heterocycles. The highest BCUT2D eigenvalue weighted by Crippen LogP contribution is 2.18. The molecule has 0 saturated carbocycles. The summed E-state index contributed by atoms with van der Waals surface area (Å²) in [7, 11) is 0. The summed E-state index contributed by atoms with van der Waals surface area (Å²) in [5, 5.41) is 9.30. The molecule has 0 aliphatic heterocycles. The predicted octanol–water partition coefficient (Wildman–Crippen LogP) is 7.38. The lowest BCUT2D eigenvalue weighted by Gasteiger charge is -2.12. The Labute approximate surface area is 237 Å². The number of ether oxygens (including phenoxy) is 2. The van der Waals surface area contributed by atoms with E-state index in [1.807, 2.05) is 30.3 Å². The molecule has 1 N–H and O–H groups in total. The molecule has 4 aromatic rings. The van der Waals surface area contributed by atoms with Crippen molar-refractivity contribution in [3.05, 3.63) is 143 Å². The highest BCUT2D eigenvalue weighted by Gasteiger charge is 2.17. The minimum atomic E-state index is -0.945. The van der Waals surface area contributed by atoms with Crippen molar-refractivity contribution in [1.82, 2.24) is 0 Å². The van der Waals surface area contributed by atoms with Crippen molar-refractivity contribution in [3.63, 3.8) is 0 Å². The third-order valence-electron chi connectivity index (χ3n) is 6.81. The number of benzene rings is 4. The Morgan fingerprint density at radius 1 is 0.725 bits per heavy atom. The molecule has 4 aromatic carbocycles. The van der Waals surface area contributed by atoms with E-state index in [2.05, 4.69) is 84.9 Å². The third-order valence-corrected chi connectivity index (χ3v) is 6.81. The van der Waals surface area contributed by atoms with E-state index in [0.717, 1.165) is 37.0 Å². The summed E-state index contributed by atoms with van der Waals surface area (Å²) in [6, 6.07) is 35.7. The van der Waals surface area contributed by atoms with Crippen LogP contribution < -0.4 is 4.74 Å². The van der Waals surface area contributed by atoms with Crippen LogP contribution in [-0.4, -0.2) is 30.4 Å². The van der Waals surface area contributed by atoms with E-state index < -0.39 is 12.1 Å². The molecule has 0 amide bonds. The molecular formula is C36H38O4. The first-order valence-electron chi connectivity index (χ1n) is 14.0. The van der Waals surface area contributed by atoms with Crippen LogP contribution in [0.3, 0.4) is 0 Å². The Hall–Kier alpha value is -4.15. The summed E-state index contributed by atoms with van der Waals surface area (Å²) >= 11 is 0.